The Morgan fingerprint density at radius 1 is 1.61 bits per heavy atom. The summed E-state index contributed by atoms with van der Waals surface area (Å²) in [4.78, 5) is 20.3. The van der Waals surface area contributed by atoms with E-state index >= 15 is 0 Å². The van der Waals surface area contributed by atoms with Gasteiger partial charge >= 0.3 is 5.97 Å². The van der Waals surface area contributed by atoms with E-state index in [0.717, 1.165) is 5.82 Å². The SMILES string of the molecule is CCOC(=O)c1cnc2c(nc(C)n2C)c1NN. The van der Waals surface area contributed by atoms with E-state index in [1.54, 1.807) is 6.92 Å². The minimum absolute atomic E-state index is 0.282. The molecule has 0 bridgehead atoms. The Bertz CT molecular complexity index is 605. The van der Waals surface area contributed by atoms with Gasteiger partial charge in [0.1, 0.15) is 16.9 Å². The maximum atomic E-state index is 11.8. The molecule has 0 aliphatic heterocycles. The van der Waals surface area contributed by atoms with Gasteiger partial charge in [0.25, 0.3) is 0 Å². The van der Waals surface area contributed by atoms with Crippen LogP contribution >= 0.6 is 0 Å². The van der Waals surface area contributed by atoms with Crippen molar-refractivity contribution in [3.8, 4) is 0 Å². The van der Waals surface area contributed by atoms with Crippen LogP contribution in [0.5, 0.6) is 0 Å². The summed E-state index contributed by atoms with van der Waals surface area (Å²) in [5.74, 6) is 5.79. The molecule has 0 spiro atoms. The van der Waals surface area contributed by atoms with E-state index in [9.17, 15) is 4.79 Å². The van der Waals surface area contributed by atoms with Gasteiger partial charge in [0.05, 0.1) is 12.3 Å². The van der Waals surface area contributed by atoms with E-state index in [2.05, 4.69) is 15.4 Å². The van der Waals surface area contributed by atoms with E-state index in [1.165, 1.54) is 6.20 Å². The number of anilines is 1. The molecule has 2 aromatic heterocycles. The summed E-state index contributed by atoms with van der Waals surface area (Å²) in [5.41, 5.74) is 4.44. The molecule has 0 atom stereocenters. The Kier molecular flexibility index (Phi) is 3.15. The standard InChI is InChI=1S/C11H15N5O2/c1-4-18-11(17)7-5-13-10-9(8(7)15-12)14-6(2)16(10)3/h5H,4,12H2,1-3H3,(H,13,15). The summed E-state index contributed by atoms with van der Waals surface area (Å²) in [6.45, 7) is 3.89. The number of ether oxygens (including phenoxy) is 1. The number of nitrogens with two attached hydrogens (primary N) is 1. The zero-order valence-electron chi connectivity index (χ0n) is 10.5. The van der Waals surface area contributed by atoms with Crippen LogP contribution in [-0.4, -0.2) is 27.1 Å². The molecule has 2 rings (SSSR count). The van der Waals surface area contributed by atoms with Crippen molar-refractivity contribution in [3.63, 3.8) is 0 Å². The molecule has 0 radical (unpaired) electrons. The largest absolute Gasteiger partial charge is 0.462 e. The number of nitrogens with one attached hydrogen (secondary N) is 1. The minimum Gasteiger partial charge on any atom is -0.462 e. The zero-order valence-corrected chi connectivity index (χ0v) is 10.5. The van der Waals surface area contributed by atoms with Gasteiger partial charge in [-0.2, -0.15) is 0 Å². The second kappa shape index (κ2) is 4.61. The third kappa shape index (κ3) is 1.78. The van der Waals surface area contributed by atoms with Crippen molar-refractivity contribution in [2.24, 2.45) is 12.9 Å². The van der Waals surface area contributed by atoms with Gasteiger partial charge in [-0.3, -0.25) is 5.84 Å². The molecular weight excluding hydrogens is 234 g/mol. The topological polar surface area (TPSA) is 95.1 Å². The first-order chi connectivity index (χ1) is 8.60. The van der Waals surface area contributed by atoms with Gasteiger partial charge < -0.3 is 14.7 Å². The van der Waals surface area contributed by atoms with Gasteiger partial charge in [-0.25, -0.2) is 14.8 Å². The van der Waals surface area contributed by atoms with E-state index in [-0.39, 0.29) is 5.56 Å². The van der Waals surface area contributed by atoms with Gasteiger partial charge in [0.15, 0.2) is 5.65 Å². The minimum atomic E-state index is -0.469. The first-order valence-corrected chi connectivity index (χ1v) is 5.55. The number of nitrogens with zero attached hydrogens (tertiary/aromatic N) is 3. The quantitative estimate of drug-likeness (QED) is 0.473. The molecule has 0 aliphatic rings. The third-order valence-corrected chi connectivity index (χ3v) is 2.75. The first-order valence-electron chi connectivity index (χ1n) is 5.55. The van der Waals surface area contributed by atoms with Gasteiger partial charge in [-0.05, 0) is 13.8 Å². The summed E-state index contributed by atoms with van der Waals surface area (Å²) in [7, 11) is 1.85. The molecule has 2 heterocycles. The van der Waals surface area contributed by atoms with E-state index < -0.39 is 5.97 Å². The van der Waals surface area contributed by atoms with Crippen LogP contribution in [0, 0.1) is 6.92 Å². The van der Waals surface area contributed by atoms with Gasteiger partial charge in [-0.15, -0.1) is 0 Å². The third-order valence-electron chi connectivity index (χ3n) is 2.75. The molecule has 0 saturated carbocycles. The average molecular weight is 249 g/mol. The number of hydrogen-bond donors (Lipinski definition) is 2. The highest BCUT2D eigenvalue weighted by Crippen LogP contribution is 2.25. The number of aromatic nitrogens is 3. The lowest BCUT2D eigenvalue weighted by Crippen LogP contribution is -2.15. The lowest BCUT2D eigenvalue weighted by molar-refractivity contribution is 0.0527. The molecule has 3 N–H and O–H groups in total. The predicted molar refractivity (Wildman–Crippen MR) is 67.0 cm³/mol. The number of fused-ring (bicyclic) bond motifs is 1. The van der Waals surface area contributed by atoms with Crippen molar-refractivity contribution in [2.75, 3.05) is 12.0 Å². The number of pyridine rings is 1. The zero-order chi connectivity index (χ0) is 13.3. The summed E-state index contributed by atoms with van der Waals surface area (Å²) in [6.07, 6.45) is 1.44. The number of hydrazine groups is 1. The molecule has 0 amide bonds. The molecule has 0 aromatic carbocycles. The molecule has 96 valence electrons. The van der Waals surface area contributed by atoms with Crippen molar-refractivity contribution in [2.45, 2.75) is 13.8 Å². The van der Waals surface area contributed by atoms with E-state index in [1.807, 2.05) is 18.5 Å². The van der Waals surface area contributed by atoms with Crippen molar-refractivity contribution in [1.29, 1.82) is 0 Å². The molecule has 0 aliphatic carbocycles. The van der Waals surface area contributed by atoms with E-state index in [0.29, 0.717) is 23.5 Å². The molecule has 7 nitrogen and oxygen atoms in total. The van der Waals surface area contributed by atoms with Crippen LogP contribution in [0.3, 0.4) is 0 Å². The fourth-order valence-corrected chi connectivity index (χ4v) is 1.74. The number of aryl methyl sites for hydroxylation is 2. The summed E-state index contributed by atoms with van der Waals surface area (Å²) in [6, 6.07) is 0. The van der Waals surface area contributed by atoms with Crippen molar-refractivity contribution in [1.82, 2.24) is 14.5 Å². The molecule has 18 heavy (non-hydrogen) atoms. The van der Waals surface area contributed by atoms with Gasteiger partial charge in [0, 0.05) is 13.2 Å². The highest BCUT2D eigenvalue weighted by atomic mass is 16.5. The smallest absolute Gasteiger partial charge is 0.341 e. The van der Waals surface area contributed by atoms with Gasteiger partial charge in [-0.1, -0.05) is 0 Å². The van der Waals surface area contributed by atoms with Gasteiger partial charge in [0.2, 0.25) is 0 Å². The number of rotatable bonds is 3. The maximum Gasteiger partial charge on any atom is 0.341 e. The number of nitrogen functional groups attached to an aromatic ring is 1. The number of esters is 1. The van der Waals surface area contributed by atoms with Crippen LogP contribution in [0.2, 0.25) is 0 Å². The average Bonchev–Trinajstić information content (AvgIpc) is 2.64. The number of imidazole rings is 1. The Hall–Kier alpha value is -2.15. The number of carbonyl (C=O) groups is 1. The fourth-order valence-electron chi connectivity index (χ4n) is 1.74. The van der Waals surface area contributed by atoms with Crippen molar-refractivity contribution < 1.29 is 9.53 Å². The van der Waals surface area contributed by atoms with Crippen LogP contribution in [0.4, 0.5) is 5.69 Å². The predicted octanol–water partition coefficient (Wildman–Crippen LogP) is 0.739. The van der Waals surface area contributed by atoms with Crippen LogP contribution in [-0.2, 0) is 11.8 Å². The monoisotopic (exact) mass is 249 g/mol. The Labute approximate surface area is 104 Å². The first kappa shape index (κ1) is 12.3. The second-order valence-corrected chi connectivity index (χ2v) is 3.80. The Morgan fingerprint density at radius 3 is 2.94 bits per heavy atom. The normalized spacial score (nSPS) is 10.7. The summed E-state index contributed by atoms with van der Waals surface area (Å²) >= 11 is 0. The lowest BCUT2D eigenvalue weighted by Gasteiger charge is -2.08. The Balaban J connectivity index is 2.66. The van der Waals surface area contributed by atoms with Crippen LogP contribution < -0.4 is 11.3 Å². The van der Waals surface area contributed by atoms with Crippen molar-refractivity contribution >= 4 is 22.8 Å². The fraction of sp³-hybridized carbons (Fsp3) is 0.364. The second-order valence-electron chi connectivity index (χ2n) is 3.80. The molecule has 0 saturated heterocycles. The summed E-state index contributed by atoms with van der Waals surface area (Å²) in [5, 5.41) is 0. The number of carbonyl (C=O) groups excluding carboxylic acids is 1. The summed E-state index contributed by atoms with van der Waals surface area (Å²) < 4.78 is 6.77. The highest BCUT2D eigenvalue weighted by molar-refractivity contribution is 6.02. The molecule has 0 unspecified atom stereocenters. The lowest BCUT2D eigenvalue weighted by atomic mass is 10.2. The molecule has 0 fully saturated rings. The highest BCUT2D eigenvalue weighted by Gasteiger charge is 2.19. The van der Waals surface area contributed by atoms with Crippen LogP contribution in [0.25, 0.3) is 11.2 Å². The molecular formula is C11H15N5O2. The van der Waals surface area contributed by atoms with E-state index in [4.69, 9.17) is 10.6 Å². The molecule has 7 heteroatoms. The Morgan fingerprint density at radius 2 is 2.33 bits per heavy atom. The number of hydrogen-bond acceptors (Lipinski definition) is 6. The van der Waals surface area contributed by atoms with Crippen LogP contribution in [0.1, 0.15) is 23.1 Å². The van der Waals surface area contributed by atoms with Crippen molar-refractivity contribution in [3.05, 3.63) is 17.6 Å². The van der Waals surface area contributed by atoms with Crippen LogP contribution in [0.15, 0.2) is 6.20 Å². The maximum absolute atomic E-state index is 11.8. The molecule has 2 aromatic rings.